The van der Waals surface area contributed by atoms with Crippen LogP contribution in [0.1, 0.15) is 0 Å². The molecule has 7 aromatic heterocycles. The van der Waals surface area contributed by atoms with Crippen LogP contribution in [0, 0.1) is 0 Å². The van der Waals surface area contributed by atoms with Gasteiger partial charge < -0.3 is 27.4 Å². The first kappa shape index (κ1) is 83.1. The summed E-state index contributed by atoms with van der Waals surface area (Å²) in [5, 5.41) is 25.5. The van der Waals surface area contributed by atoms with Crippen LogP contribution in [0.5, 0.6) is 0 Å². The molecule has 676 valence electrons. The SMILES string of the molecule is c1ccc(-c2ccccc2-c2ccc(-n3c4ccccc4c4cc5c6c7ccccc7ccc6n(-c6ccccc6)c5cc43)cc2)cc1.c1ccc(-c2ccccc2-c2cccc(-n3c4ccccc4c4cc5c6c7ccccc7ccc6n(-c6ccccc6)c5cc43)c2)cc1.c1ccc(-n2c3cc4c(cc3c3c5ccccc5ccc32)c2ccccc2n4-c2cccc(-c3cccc4sc5ccccc5c34)c2)cc1. The highest BCUT2D eigenvalue weighted by atomic mass is 32.1. The van der Waals surface area contributed by atoms with Gasteiger partial charge in [-0.05, 0) is 246 Å². The van der Waals surface area contributed by atoms with E-state index in [1.165, 1.54) is 239 Å². The molecule has 31 rings (SSSR count). The molecule has 0 aliphatic rings. The molecule has 31 aromatic rings. The normalized spacial score (nSPS) is 11.9. The Morgan fingerprint density at radius 1 is 0.117 bits per heavy atom. The number of aromatic nitrogens is 6. The second kappa shape index (κ2) is 34.0. The Balaban J connectivity index is 0.000000103. The van der Waals surface area contributed by atoms with Crippen LogP contribution >= 0.6 is 11.3 Å². The van der Waals surface area contributed by atoms with Crippen LogP contribution in [0.25, 0.3) is 273 Å². The summed E-state index contributed by atoms with van der Waals surface area (Å²) in [6.07, 6.45) is 0. The highest BCUT2D eigenvalue weighted by molar-refractivity contribution is 7.26. The molecule has 0 fully saturated rings. The van der Waals surface area contributed by atoms with Crippen molar-refractivity contribution < 1.29 is 0 Å². The monoisotopic (exact) mass is 1860 g/mol. The van der Waals surface area contributed by atoms with Crippen molar-refractivity contribution in [3.05, 3.63) is 534 Å². The summed E-state index contributed by atoms with van der Waals surface area (Å²) in [6.45, 7) is 0. The van der Waals surface area contributed by atoms with Gasteiger partial charge in [-0.1, -0.05) is 376 Å². The molecule has 0 aliphatic carbocycles. The fourth-order valence-electron chi connectivity index (χ4n) is 23.8. The van der Waals surface area contributed by atoms with E-state index in [0.717, 1.165) is 34.1 Å². The molecule has 7 heterocycles. The fourth-order valence-corrected chi connectivity index (χ4v) is 24.9. The number of hydrogen-bond acceptors (Lipinski definition) is 1. The zero-order valence-electron chi connectivity index (χ0n) is 78.9. The molecule has 0 saturated heterocycles. The molecule has 6 nitrogen and oxygen atoms in total. The van der Waals surface area contributed by atoms with Crippen molar-refractivity contribution in [2.75, 3.05) is 0 Å². The van der Waals surface area contributed by atoms with E-state index in [1.54, 1.807) is 0 Å². The maximum atomic E-state index is 2.46. The summed E-state index contributed by atoms with van der Waals surface area (Å²) >= 11 is 1.87. The predicted octanol–water partition coefficient (Wildman–Crippen LogP) is 37.8. The smallest absolute Gasteiger partial charge is 0.0562 e. The van der Waals surface area contributed by atoms with Gasteiger partial charge in [-0.2, -0.15) is 0 Å². The standard InChI is InChI=1S/C46H28N2S.2C46H30N2/c1-2-14-31(15-3-1)47-40-25-24-29-12-4-5-17-33(29)45(40)38-27-37-35-18-6-8-21-39(35)48(41(37)28-42(38)47)32-16-10-13-30(26-32)34-20-11-23-44-46(34)36-19-7-9-22-43(36)49-44;1-3-14-31(15-4-1)36-21-9-10-22-37(36)33-17-13-20-35(28-33)48-42-25-12-11-24-39(42)40-29-41-45(30-44(40)48)47(34-18-5-2-6-19-34)43-27-26-32-16-7-8-23-38(32)46(41)43;1-3-13-31(14-4-1)36-18-9-10-19-37(36)33-23-26-35(27-24-33)47-42-22-12-11-21-39(42)40-29-41-45(30-44(40)47)48(34-16-5-2-6-17-34)43-28-25-32-15-7-8-20-38(32)46(41)43/h1-28H;2*1-30H. The van der Waals surface area contributed by atoms with Crippen LogP contribution in [-0.2, 0) is 0 Å². The number of thiophene rings is 1. The minimum atomic E-state index is 1.15. The van der Waals surface area contributed by atoms with Crippen molar-refractivity contribution in [3.63, 3.8) is 0 Å². The highest BCUT2D eigenvalue weighted by Crippen LogP contribution is 2.50. The van der Waals surface area contributed by atoms with Crippen LogP contribution in [0.4, 0.5) is 0 Å². The first-order chi connectivity index (χ1) is 72.0. The lowest BCUT2D eigenvalue weighted by molar-refractivity contribution is 1.16. The van der Waals surface area contributed by atoms with Crippen molar-refractivity contribution in [3.8, 4) is 89.8 Å². The van der Waals surface area contributed by atoms with Gasteiger partial charge in [-0.25, -0.2) is 0 Å². The molecular weight excluding hydrogens is 1770 g/mol. The average Bonchev–Trinajstić information content (AvgIpc) is 1.55. The Hall–Kier alpha value is -18.9. The maximum absolute atomic E-state index is 2.46. The molecule has 0 atom stereocenters. The summed E-state index contributed by atoms with van der Waals surface area (Å²) in [5.74, 6) is 0. The van der Waals surface area contributed by atoms with E-state index in [4.69, 9.17) is 0 Å². The van der Waals surface area contributed by atoms with E-state index in [-0.39, 0.29) is 0 Å². The van der Waals surface area contributed by atoms with Gasteiger partial charge in [0.1, 0.15) is 0 Å². The van der Waals surface area contributed by atoms with Gasteiger partial charge in [0.05, 0.1) is 66.2 Å². The van der Waals surface area contributed by atoms with E-state index in [2.05, 4.69) is 561 Å². The third-order valence-electron chi connectivity index (χ3n) is 30.1. The lowest BCUT2D eigenvalue weighted by Gasteiger charge is -2.14. The minimum Gasteiger partial charge on any atom is -0.309 e. The summed E-state index contributed by atoms with van der Waals surface area (Å²) in [6, 6.07) is 195. The zero-order valence-corrected chi connectivity index (χ0v) is 79.7. The first-order valence-electron chi connectivity index (χ1n) is 49.8. The van der Waals surface area contributed by atoms with Gasteiger partial charge in [0.25, 0.3) is 0 Å². The zero-order chi connectivity index (χ0) is 95.3. The molecule has 24 aromatic carbocycles. The summed E-state index contributed by atoms with van der Waals surface area (Å²) in [4.78, 5) is 0. The second-order valence-corrected chi connectivity index (χ2v) is 39.1. The summed E-state index contributed by atoms with van der Waals surface area (Å²) in [7, 11) is 0. The van der Waals surface area contributed by atoms with Crippen LogP contribution in [0.15, 0.2) is 534 Å². The lowest BCUT2D eigenvalue weighted by Crippen LogP contribution is -1.96. The Morgan fingerprint density at radius 2 is 0.379 bits per heavy atom. The number of rotatable bonds is 11. The van der Waals surface area contributed by atoms with Crippen molar-refractivity contribution in [2.45, 2.75) is 0 Å². The van der Waals surface area contributed by atoms with Crippen LogP contribution < -0.4 is 0 Å². The van der Waals surface area contributed by atoms with Crippen molar-refractivity contribution in [2.24, 2.45) is 0 Å². The van der Waals surface area contributed by atoms with Gasteiger partial charge >= 0.3 is 0 Å². The number of para-hydroxylation sites is 6. The van der Waals surface area contributed by atoms with Gasteiger partial charge in [0.15, 0.2) is 0 Å². The molecule has 7 heteroatoms. The van der Waals surface area contributed by atoms with Crippen LogP contribution in [-0.4, -0.2) is 27.4 Å². The lowest BCUT2D eigenvalue weighted by atomic mass is 9.94. The van der Waals surface area contributed by atoms with E-state index < -0.39 is 0 Å². The second-order valence-electron chi connectivity index (χ2n) is 38.0. The quantitative estimate of drug-likeness (QED) is 0.124. The van der Waals surface area contributed by atoms with Crippen molar-refractivity contribution in [1.29, 1.82) is 0 Å². The molecule has 0 radical (unpaired) electrons. The third-order valence-corrected chi connectivity index (χ3v) is 31.2. The minimum absolute atomic E-state index is 1.15. The molecule has 0 spiro atoms. The van der Waals surface area contributed by atoms with Gasteiger partial charge in [0, 0.05) is 119 Å². The summed E-state index contributed by atoms with van der Waals surface area (Å²) in [5.41, 5.74) is 33.7. The van der Waals surface area contributed by atoms with Crippen LogP contribution in [0.3, 0.4) is 0 Å². The topological polar surface area (TPSA) is 29.6 Å². The third kappa shape index (κ3) is 13.5. The molecule has 145 heavy (non-hydrogen) atoms. The number of hydrogen-bond donors (Lipinski definition) is 0. The maximum Gasteiger partial charge on any atom is 0.0562 e. The Labute approximate surface area is 839 Å². The van der Waals surface area contributed by atoms with Gasteiger partial charge in [-0.3, -0.25) is 0 Å². The van der Waals surface area contributed by atoms with E-state index in [9.17, 15) is 0 Å². The van der Waals surface area contributed by atoms with E-state index >= 15 is 0 Å². The largest absolute Gasteiger partial charge is 0.309 e. The number of fused-ring (bicyclic) bond motifs is 27. The highest BCUT2D eigenvalue weighted by Gasteiger charge is 2.27. The van der Waals surface area contributed by atoms with Crippen LogP contribution in [0.2, 0.25) is 0 Å². The van der Waals surface area contributed by atoms with E-state index in [0.29, 0.717) is 0 Å². The van der Waals surface area contributed by atoms with Gasteiger partial charge in [0.2, 0.25) is 0 Å². The molecule has 0 amide bonds. The van der Waals surface area contributed by atoms with E-state index in [1.807, 2.05) is 11.3 Å². The Kier molecular flexibility index (Phi) is 19.5. The molecule has 0 bridgehead atoms. The Morgan fingerprint density at radius 3 is 0.779 bits per heavy atom. The van der Waals surface area contributed by atoms with Crippen molar-refractivity contribution in [1.82, 2.24) is 27.4 Å². The average molecular weight is 1860 g/mol. The predicted molar refractivity (Wildman–Crippen MR) is 618 cm³/mol. The molecular formula is C138H88N6S. The Bertz CT molecular complexity index is 10600. The first-order valence-corrected chi connectivity index (χ1v) is 50.7. The molecule has 0 unspecified atom stereocenters. The fraction of sp³-hybridized carbons (Fsp3) is 0. The molecule has 0 saturated carbocycles. The van der Waals surface area contributed by atoms with Crippen molar-refractivity contribution >= 4 is 195 Å². The number of nitrogens with zero attached hydrogens (tertiary/aromatic N) is 6. The van der Waals surface area contributed by atoms with Gasteiger partial charge in [-0.15, -0.1) is 11.3 Å². The molecule has 0 aliphatic heterocycles. The number of benzene rings is 24. The summed E-state index contributed by atoms with van der Waals surface area (Å²) < 4.78 is 17.3. The molecule has 0 N–H and O–H groups in total.